The molecule has 0 spiro atoms. The molecule has 1 aromatic heterocycles. The lowest BCUT2D eigenvalue weighted by Crippen LogP contribution is -2.42. The zero-order chi connectivity index (χ0) is 18.0. The number of benzene rings is 1. The SMILES string of the molecule is Cc1cc(NC(=O)CN(C(=O)Nc2ccc(Cl)cc2Cl)C2CC2)no1. The minimum absolute atomic E-state index is 0.0378. The Kier molecular flexibility index (Phi) is 5.15. The van der Waals surface area contributed by atoms with E-state index < -0.39 is 6.03 Å². The summed E-state index contributed by atoms with van der Waals surface area (Å²) in [7, 11) is 0. The normalized spacial score (nSPS) is 13.4. The first-order chi connectivity index (χ1) is 11.9. The molecular weight excluding hydrogens is 367 g/mol. The Bertz CT molecular complexity index is 804. The Balaban J connectivity index is 1.64. The van der Waals surface area contributed by atoms with Gasteiger partial charge in [0.2, 0.25) is 5.91 Å². The maximum atomic E-state index is 12.5. The Labute approximate surface area is 154 Å². The van der Waals surface area contributed by atoms with Crippen LogP contribution in [0.5, 0.6) is 0 Å². The number of hydrogen-bond acceptors (Lipinski definition) is 4. The van der Waals surface area contributed by atoms with E-state index in [9.17, 15) is 9.59 Å². The van der Waals surface area contributed by atoms with E-state index in [1.54, 1.807) is 31.2 Å². The summed E-state index contributed by atoms with van der Waals surface area (Å²) in [5.41, 5.74) is 0.439. The zero-order valence-corrected chi connectivity index (χ0v) is 14.9. The van der Waals surface area contributed by atoms with Crippen molar-refractivity contribution >= 4 is 46.6 Å². The summed E-state index contributed by atoms with van der Waals surface area (Å²) in [6.07, 6.45) is 1.72. The highest BCUT2D eigenvalue weighted by Crippen LogP contribution is 2.29. The second kappa shape index (κ2) is 7.33. The summed E-state index contributed by atoms with van der Waals surface area (Å²) in [6, 6.07) is 6.04. The molecule has 2 N–H and O–H groups in total. The van der Waals surface area contributed by atoms with Gasteiger partial charge >= 0.3 is 6.03 Å². The van der Waals surface area contributed by atoms with Crippen LogP contribution in [0.15, 0.2) is 28.8 Å². The quantitative estimate of drug-likeness (QED) is 0.819. The standard InChI is InChI=1S/C16H16Cl2N4O3/c1-9-6-14(21-25-9)20-15(23)8-22(11-3-4-11)16(24)19-13-5-2-10(17)7-12(13)18/h2,5-7,11H,3-4,8H2,1H3,(H,19,24)(H,20,21,23). The maximum absolute atomic E-state index is 12.5. The van der Waals surface area contributed by atoms with Gasteiger partial charge in [0, 0.05) is 17.1 Å². The number of rotatable bonds is 5. The number of halogens is 2. The van der Waals surface area contributed by atoms with Crippen molar-refractivity contribution in [3.05, 3.63) is 40.1 Å². The van der Waals surface area contributed by atoms with Crippen LogP contribution in [0, 0.1) is 6.92 Å². The smallest absolute Gasteiger partial charge is 0.322 e. The van der Waals surface area contributed by atoms with Crippen molar-refractivity contribution in [1.82, 2.24) is 10.1 Å². The molecule has 1 saturated carbocycles. The number of aromatic nitrogens is 1. The van der Waals surface area contributed by atoms with Crippen LogP contribution < -0.4 is 10.6 Å². The molecule has 1 heterocycles. The Hall–Kier alpha value is -2.25. The molecule has 0 aliphatic heterocycles. The predicted octanol–water partition coefficient (Wildman–Crippen LogP) is 3.92. The molecule has 0 bridgehead atoms. The maximum Gasteiger partial charge on any atom is 0.322 e. The Morgan fingerprint density at radius 1 is 1.28 bits per heavy atom. The molecule has 1 fully saturated rings. The molecule has 25 heavy (non-hydrogen) atoms. The van der Waals surface area contributed by atoms with Gasteiger partial charge in [-0.15, -0.1) is 0 Å². The van der Waals surface area contributed by atoms with E-state index in [1.165, 1.54) is 4.90 Å². The zero-order valence-electron chi connectivity index (χ0n) is 13.4. The monoisotopic (exact) mass is 382 g/mol. The number of nitrogens with one attached hydrogen (secondary N) is 2. The lowest BCUT2D eigenvalue weighted by atomic mass is 10.3. The van der Waals surface area contributed by atoms with Crippen LogP contribution in [-0.4, -0.2) is 34.6 Å². The average molecular weight is 383 g/mol. The van der Waals surface area contributed by atoms with Gasteiger partial charge in [-0.05, 0) is 38.0 Å². The third kappa shape index (κ3) is 4.64. The second-order valence-corrected chi connectivity index (χ2v) is 6.63. The molecule has 0 saturated heterocycles. The third-order valence-corrected chi connectivity index (χ3v) is 4.18. The molecule has 1 aliphatic carbocycles. The third-order valence-electron chi connectivity index (χ3n) is 3.63. The van der Waals surface area contributed by atoms with Gasteiger partial charge in [0.15, 0.2) is 5.82 Å². The lowest BCUT2D eigenvalue weighted by molar-refractivity contribution is -0.116. The van der Waals surface area contributed by atoms with Crippen LogP contribution in [0.4, 0.5) is 16.3 Å². The van der Waals surface area contributed by atoms with Crippen LogP contribution in [0.2, 0.25) is 10.0 Å². The van der Waals surface area contributed by atoms with Crippen LogP contribution >= 0.6 is 23.2 Å². The first kappa shape index (κ1) is 17.6. The Morgan fingerprint density at radius 2 is 2.04 bits per heavy atom. The number of urea groups is 1. The van der Waals surface area contributed by atoms with Crippen LogP contribution in [0.25, 0.3) is 0 Å². The molecule has 1 aliphatic rings. The van der Waals surface area contributed by atoms with Gasteiger partial charge in [0.25, 0.3) is 0 Å². The molecule has 0 atom stereocenters. The van der Waals surface area contributed by atoms with Gasteiger partial charge in [-0.25, -0.2) is 4.79 Å². The lowest BCUT2D eigenvalue weighted by Gasteiger charge is -2.22. The molecule has 3 rings (SSSR count). The minimum Gasteiger partial charge on any atom is -0.360 e. The number of carbonyl (C=O) groups is 2. The van der Waals surface area contributed by atoms with E-state index in [2.05, 4.69) is 15.8 Å². The molecule has 3 amide bonds. The molecule has 1 aromatic carbocycles. The van der Waals surface area contributed by atoms with Gasteiger partial charge in [-0.2, -0.15) is 0 Å². The summed E-state index contributed by atoms with van der Waals surface area (Å²) in [5, 5.41) is 9.83. The second-order valence-electron chi connectivity index (χ2n) is 5.78. The predicted molar refractivity (Wildman–Crippen MR) is 95.1 cm³/mol. The van der Waals surface area contributed by atoms with Gasteiger partial charge < -0.3 is 20.1 Å². The number of amides is 3. The first-order valence-corrected chi connectivity index (χ1v) is 8.44. The topological polar surface area (TPSA) is 87.5 Å². The number of carbonyl (C=O) groups excluding carboxylic acids is 2. The Morgan fingerprint density at radius 3 is 2.64 bits per heavy atom. The molecule has 0 radical (unpaired) electrons. The molecule has 9 heteroatoms. The van der Waals surface area contributed by atoms with Crippen molar-refractivity contribution in [3.8, 4) is 0 Å². The number of nitrogens with zero attached hydrogens (tertiary/aromatic N) is 2. The first-order valence-electron chi connectivity index (χ1n) is 7.68. The van der Waals surface area contributed by atoms with E-state index in [0.717, 1.165) is 12.8 Å². The average Bonchev–Trinajstić information content (AvgIpc) is 3.30. The summed E-state index contributed by atoms with van der Waals surface area (Å²) < 4.78 is 4.90. The number of aryl methyl sites for hydroxylation is 1. The molecule has 132 valence electrons. The highest BCUT2D eigenvalue weighted by atomic mass is 35.5. The summed E-state index contributed by atoms with van der Waals surface area (Å²) in [5.74, 6) is 0.557. The number of anilines is 2. The van der Waals surface area contributed by atoms with Crippen LogP contribution in [-0.2, 0) is 4.79 Å². The minimum atomic E-state index is -0.391. The fraction of sp³-hybridized carbons (Fsp3) is 0.312. The van der Waals surface area contributed by atoms with Gasteiger partial charge in [0.1, 0.15) is 12.3 Å². The van der Waals surface area contributed by atoms with Crippen LogP contribution in [0.1, 0.15) is 18.6 Å². The summed E-state index contributed by atoms with van der Waals surface area (Å²) in [6.45, 7) is 1.63. The molecule has 2 aromatic rings. The van der Waals surface area contributed by atoms with Crippen molar-refractivity contribution in [3.63, 3.8) is 0 Å². The van der Waals surface area contributed by atoms with Crippen molar-refractivity contribution in [2.75, 3.05) is 17.2 Å². The molecule has 0 unspecified atom stereocenters. The fourth-order valence-corrected chi connectivity index (χ4v) is 2.75. The highest BCUT2D eigenvalue weighted by Gasteiger charge is 2.34. The van der Waals surface area contributed by atoms with Gasteiger partial charge in [0.05, 0.1) is 10.7 Å². The molecular formula is C16H16Cl2N4O3. The number of hydrogen-bond donors (Lipinski definition) is 2. The van der Waals surface area contributed by atoms with E-state index in [1.807, 2.05) is 0 Å². The van der Waals surface area contributed by atoms with E-state index in [4.69, 9.17) is 27.7 Å². The van der Waals surface area contributed by atoms with Crippen LogP contribution in [0.3, 0.4) is 0 Å². The van der Waals surface area contributed by atoms with Crippen molar-refractivity contribution in [1.29, 1.82) is 0 Å². The van der Waals surface area contributed by atoms with Crippen molar-refractivity contribution < 1.29 is 14.1 Å². The van der Waals surface area contributed by atoms with Gasteiger partial charge in [-0.3, -0.25) is 4.79 Å². The van der Waals surface area contributed by atoms with E-state index >= 15 is 0 Å². The van der Waals surface area contributed by atoms with Gasteiger partial charge in [-0.1, -0.05) is 28.4 Å². The summed E-state index contributed by atoms with van der Waals surface area (Å²) in [4.78, 5) is 26.2. The highest BCUT2D eigenvalue weighted by molar-refractivity contribution is 6.36. The largest absolute Gasteiger partial charge is 0.360 e. The fourth-order valence-electron chi connectivity index (χ4n) is 2.29. The van der Waals surface area contributed by atoms with Crippen molar-refractivity contribution in [2.45, 2.75) is 25.8 Å². The summed E-state index contributed by atoms with van der Waals surface area (Å²) >= 11 is 11.9. The van der Waals surface area contributed by atoms with Crippen molar-refractivity contribution in [2.24, 2.45) is 0 Å². The van der Waals surface area contributed by atoms with E-state index in [-0.39, 0.29) is 18.5 Å². The molecule has 7 nitrogen and oxygen atoms in total. The van der Waals surface area contributed by atoms with E-state index in [0.29, 0.717) is 27.3 Å².